The predicted octanol–water partition coefficient (Wildman–Crippen LogP) is 4.43. The first-order chi connectivity index (χ1) is 13.5. The smallest absolute Gasteiger partial charge is 0.341 e. The number of rotatable bonds is 6. The lowest BCUT2D eigenvalue weighted by atomic mass is 10.0. The number of amides is 1. The van der Waals surface area contributed by atoms with Gasteiger partial charge in [0.25, 0.3) is 5.91 Å². The predicted molar refractivity (Wildman–Crippen MR) is 111 cm³/mol. The molecule has 1 amide bonds. The van der Waals surface area contributed by atoms with Crippen molar-refractivity contribution in [3.63, 3.8) is 0 Å². The van der Waals surface area contributed by atoms with Gasteiger partial charge in [-0.25, -0.2) is 4.79 Å². The Balaban J connectivity index is 1.97. The molecule has 0 aliphatic heterocycles. The third kappa shape index (κ3) is 4.15. The van der Waals surface area contributed by atoms with Crippen LogP contribution in [0.2, 0.25) is 0 Å². The van der Waals surface area contributed by atoms with E-state index in [0.717, 1.165) is 5.56 Å². The highest BCUT2D eigenvalue weighted by atomic mass is 32.1. The van der Waals surface area contributed by atoms with Crippen molar-refractivity contribution in [3.8, 4) is 16.9 Å². The van der Waals surface area contributed by atoms with E-state index in [9.17, 15) is 9.59 Å². The zero-order chi connectivity index (χ0) is 20.1. The molecule has 3 aromatic rings. The van der Waals surface area contributed by atoms with Gasteiger partial charge in [0, 0.05) is 22.2 Å². The highest BCUT2D eigenvalue weighted by Crippen LogP contribution is 2.37. The van der Waals surface area contributed by atoms with E-state index in [1.807, 2.05) is 29.6 Å². The van der Waals surface area contributed by atoms with E-state index in [1.54, 1.807) is 38.3 Å². The van der Waals surface area contributed by atoms with Gasteiger partial charge in [-0.2, -0.15) is 0 Å². The second-order valence-corrected chi connectivity index (χ2v) is 6.76. The van der Waals surface area contributed by atoms with E-state index in [0.29, 0.717) is 33.1 Å². The summed E-state index contributed by atoms with van der Waals surface area (Å²) in [6, 6.07) is 14.0. The minimum absolute atomic E-state index is 0.235. The summed E-state index contributed by atoms with van der Waals surface area (Å²) in [5, 5.41) is 5.05. The quantitative estimate of drug-likeness (QED) is 0.475. The number of carbonyl (C=O) groups is 2. The molecule has 0 saturated carbocycles. The molecule has 3 rings (SSSR count). The molecule has 0 saturated heterocycles. The molecule has 1 aromatic heterocycles. The minimum Gasteiger partial charge on any atom is -0.497 e. The van der Waals surface area contributed by atoms with Crippen molar-refractivity contribution >= 4 is 33.9 Å². The first-order valence-electron chi connectivity index (χ1n) is 8.63. The standard InChI is InChI=1S/C21H20N2O4S/c1-3-27-21(25)18-17(13-7-9-16(26-2)10-8-13)12-28-20(18)23-19(24)14-5-4-6-15(22)11-14/h4-12H,3,22H2,1-2H3,(H,23,24). The van der Waals surface area contributed by atoms with Gasteiger partial charge in [0.1, 0.15) is 16.3 Å². The number of ether oxygens (including phenoxy) is 2. The Labute approximate surface area is 166 Å². The summed E-state index contributed by atoms with van der Waals surface area (Å²) in [4.78, 5) is 25.2. The molecule has 6 nitrogen and oxygen atoms in total. The molecule has 144 valence electrons. The van der Waals surface area contributed by atoms with Gasteiger partial charge in [0.2, 0.25) is 0 Å². The molecule has 0 aliphatic carbocycles. The Morgan fingerprint density at radius 1 is 1.14 bits per heavy atom. The Morgan fingerprint density at radius 3 is 2.54 bits per heavy atom. The van der Waals surface area contributed by atoms with Crippen molar-refractivity contribution in [2.75, 3.05) is 24.8 Å². The number of anilines is 2. The summed E-state index contributed by atoms with van der Waals surface area (Å²) < 4.78 is 10.4. The number of nitrogens with two attached hydrogens (primary N) is 1. The molecule has 0 radical (unpaired) electrons. The van der Waals surface area contributed by atoms with Crippen LogP contribution in [0.5, 0.6) is 5.75 Å². The minimum atomic E-state index is -0.488. The van der Waals surface area contributed by atoms with Gasteiger partial charge >= 0.3 is 5.97 Å². The number of methoxy groups -OCH3 is 1. The first-order valence-corrected chi connectivity index (χ1v) is 9.51. The van der Waals surface area contributed by atoms with Gasteiger partial charge in [-0.05, 0) is 42.8 Å². The van der Waals surface area contributed by atoms with E-state index in [1.165, 1.54) is 11.3 Å². The van der Waals surface area contributed by atoms with Crippen molar-refractivity contribution in [1.82, 2.24) is 0 Å². The van der Waals surface area contributed by atoms with Gasteiger partial charge in [-0.1, -0.05) is 18.2 Å². The normalized spacial score (nSPS) is 10.4. The largest absolute Gasteiger partial charge is 0.497 e. The second-order valence-electron chi connectivity index (χ2n) is 5.88. The first kappa shape index (κ1) is 19.4. The third-order valence-electron chi connectivity index (χ3n) is 4.05. The molecule has 2 aromatic carbocycles. The van der Waals surface area contributed by atoms with Crippen LogP contribution in [0.25, 0.3) is 11.1 Å². The van der Waals surface area contributed by atoms with Crippen LogP contribution in [-0.4, -0.2) is 25.6 Å². The fourth-order valence-electron chi connectivity index (χ4n) is 2.69. The summed E-state index contributed by atoms with van der Waals surface area (Å²) in [6.07, 6.45) is 0. The van der Waals surface area contributed by atoms with E-state index >= 15 is 0 Å². The molecule has 1 heterocycles. The van der Waals surface area contributed by atoms with Crippen LogP contribution in [0.4, 0.5) is 10.7 Å². The van der Waals surface area contributed by atoms with Gasteiger partial charge in [0.05, 0.1) is 13.7 Å². The number of benzene rings is 2. The monoisotopic (exact) mass is 396 g/mol. The summed E-state index contributed by atoms with van der Waals surface area (Å²) in [5.74, 6) is -0.120. The van der Waals surface area contributed by atoms with Crippen molar-refractivity contribution in [2.45, 2.75) is 6.92 Å². The van der Waals surface area contributed by atoms with E-state index < -0.39 is 5.97 Å². The number of hydrogen-bond donors (Lipinski definition) is 2. The van der Waals surface area contributed by atoms with Crippen molar-refractivity contribution in [1.29, 1.82) is 0 Å². The Kier molecular flexibility index (Phi) is 5.96. The molecule has 0 spiro atoms. The molecule has 7 heteroatoms. The van der Waals surface area contributed by atoms with Gasteiger partial charge in [0.15, 0.2) is 0 Å². The SMILES string of the molecule is CCOC(=O)c1c(-c2ccc(OC)cc2)csc1NC(=O)c1cccc(N)c1. The highest BCUT2D eigenvalue weighted by molar-refractivity contribution is 7.15. The molecule has 0 atom stereocenters. The topological polar surface area (TPSA) is 90.6 Å². The maximum atomic E-state index is 12.6. The number of esters is 1. The van der Waals surface area contributed by atoms with Crippen LogP contribution in [0.15, 0.2) is 53.9 Å². The van der Waals surface area contributed by atoms with Crippen LogP contribution < -0.4 is 15.8 Å². The molecule has 3 N–H and O–H groups in total. The van der Waals surface area contributed by atoms with Gasteiger partial charge in [-0.3, -0.25) is 4.79 Å². The molecular weight excluding hydrogens is 376 g/mol. The molecular formula is C21H20N2O4S. The third-order valence-corrected chi connectivity index (χ3v) is 4.94. The maximum absolute atomic E-state index is 12.6. The fourth-order valence-corrected chi connectivity index (χ4v) is 3.65. The maximum Gasteiger partial charge on any atom is 0.341 e. The van der Waals surface area contributed by atoms with Gasteiger partial charge < -0.3 is 20.5 Å². The van der Waals surface area contributed by atoms with Crippen LogP contribution >= 0.6 is 11.3 Å². The van der Waals surface area contributed by atoms with Crippen molar-refractivity contribution in [2.24, 2.45) is 0 Å². The molecule has 0 fully saturated rings. The molecule has 0 unspecified atom stereocenters. The lowest BCUT2D eigenvalue weighted by Gasteiger charge is -2.09. The summed E-state index contributed by atoms with van der Waals surface area (Å²) in [6.45, 7) is 1.97. The number of carbonyl (C=O) groups excluding carboxylic acids is 2. The molecule has 0 aliphatic rings. The Hall–Kier alpha value is -3.32. The average Bonchev–Trinajstić information content (AvgIpc) is 3.11. The van der Waals surface area contributed by atoms with E-state index in [-0.39, 0.29) is 12.5 Å². The lowest BCUT2D eigenvalue weighted by Crippen LogP contribution is -2.15. The van der Waals surface area contributed by atoms with Crippen LogP contribution in [0.1, 0.15) is 27.6 Å². The fraction of sp³-hybridized carbons (Fsp3) is 0.143. The van der Waals surface area contributed by atoms with Crippen molar-refractivity contribution in [3.05, 3.63) is 65.0 Å². The molecule has 28 heavy (non-hydrogen) atoms. The van der Waals surface area contributed by atoms with Crippen LogP contribution in [0.3, 0.4) is 0 Å². The number of nitrogen functional groups attached to an aromatic ring is 1. The number of nitrogens with one attached hydrogen (secondary N) is 1. The van der Waals surface area contributed by atoms with Gasteiger partial charge in [-0.15, -0.1) is 11.3 Å². The van der Waals surface area contributed by atoms with Crippen LogP contribution in [0, 0.1) is 0 Å². The second kappa shape index (κ2) is 8.58. The lowest BCUT2D eigenvalue weighted by molar-refractivity contribution is 0.0529. The number of hydrogen-bond acceptors (Lipinski definition) is 6. The summed E-state index contributed by atoms with van der Waals surface area (Å²) in [5.41, 5.74) is 8.49. The van der Waals surface area contributed by atoms with E-state index in [4.69, 9.17) is 15.2 Å². The zero-order valence-electron chi connectivity index (χ0n) is 15.5. The Morgan fingerprint density at radius 2 is 1.89 bits per heavy atom. The van der Waals surface area contributed by atoms with E-state index in [2.05, 4.69) is 5.32 Å². The molecule has 0 bridgehead atoms. The van der Waals surface area contributed by atoms with Crippen LogP contribution in [-0.2, 0) is 4.74 Å². The van der Waals surface area contributed by atoms with Crippen molar-refractivity contribution < 1.29 is 19.1 Å². The summed E-state index contributed by atoms with van der Waals surface area (Å²) >= 11 is 1.27. The average molecular weight is 396 g/mol. The highest BCUT2D eigenvalue weighted by Gasteiger charge is 2.23. The number of thiophene rings is 1. The summed E-state index contributed by atoms with van der Waals surface area (Å²) in [7, 11) is 1.59. The zero-order valence-corrected chi connectivity index (χ0v) is 16.3. The Bertz CT molecular complexity index is 996.